The second-order valence-electron chi connectivity index (χ2n) is 7.20. The first-order valence-electron chi connectivity index (χ1n) is 8.57. The summed E-state index contributed by atoms with van der Waals surface area (Å²) in [5.74, 6) is 2.63. The molecule has 1 N–H and O–H groups in total. The molecule has 4 aliphatic carbocycles. The highest BCUT2D eigenvalue weighted by Crippen LogP contribution is 2.56. The van der Waals surface area contributed by atoms with Crippen LogP contribution in [0.3, 0.4) is 0 Å². The molecule has 0 unspecified atom stereocenters. The van der Waals surface area contributed by atoms with Crippen LogP contribution in [0.1, 0.15) is 49.5 Å². The molecule has 1 heterocycles. The van der Waals surface area contributed by atoms with Crippen LogP contribution in [0, 0.1) is 29.6 Å². The Balaban J connectivity index is 1.43. The quantitative estimate of drug-likeness (QED) is 0.858. The van der Waals surface area contributed by atoms with Crippen LogP contribution in [0.15, 0.2) is 5.38 Å². The number of rotatable bonds is 4. The first-order chi connectivity index (χ1) is 11.1. The van der Waals surface area contributed by atoms with Gasteiger partial charge in [0.25, 0.3) is 0 Å². The van der Waals surface area contributed by atoms with Crippen LogP contribution < -0.4 is 5.32 Å². The maximum absolute atomic E-state index is 12.7. The number of hydrogen-bond donors (Lipinski definition) is 1. The third-order valence-electron chi connectivity index (χ3n) is 5.75. The molecular formula is C17H22N2O3S. The largest absolute Gasteiger partial charge is 0.461 e. The third kappa shape index (κ3) is 2.77. The Bertz CT molecular complexity index is 599. The fraction of sp³-hybridized carbons (Fsp3) is 0.706. The predicted octanol–water partition coefficient (Wildman–Crippen LogP) is 3.33. The van der Waals surface area contributed by atoms with E-state index < -0.39 is 5.97 Å². The number of nitrogens with zero attached hydrogens (tertiary/aromatic N) is 1. The van der Waals surface area contributed by atoms with E-state index in [9.17, 15) is 9.59 Å². The summed E-state index contributed by atoms with van der Waals surface area (Å²) >= 11 is 1.29. The molecule has 1 amide bonds. The second-order valence-corrected chi connectivity index (χ2v) is 8.06. The molecule has 0 saturated heterocycles. The van der Waals surface area contributed by atoms with Gasteiger partial charge in [0.2, 0.25) is 5.91 Å². The summed E-state index contributed by atoms with van der Waals surface area (Å²) in [6, 6.07) is 0. The SMILES string of the molecule is CCOC(=O)c1csc(NC(=O)C2C3CC4CC(C3)CC2C4)n1. The van der Waals surface area contributed by atoms with E-state index >= 15 is 0 Å². The monoisotopic (exact) mass is 334 g/mol. The smallest absolute Gasteiger partial charge is 0.357 e. The highest BCUT2D eigenvalue weighted by molar-refractivity contribution is 7.14. The lowest BCUT2D eigenvalue weighted by Gasteiger charge is -2.53. The molecule has 23 heavy (non-hydrogen) atoms. The van der Waals surface area contributed by atoms with E-state index in [2.05, 4.69) is 10.3 Å². The zero-order chi connectivity index (χ0) is 16.0. The van der Waals surface area contributed by atoms with Gasteiger partial charge in [-0.2, -0.15) is 0 Å². The number of anilines is 1. The minimum atomic E-state index is -0.432. The molecule has 4 aliphatic rings. The van der Waals surface area contributed by atoms with Crippen molar-refractivity contribution < 1.29 is 14.3 Å². The first kappa shape index (κ1) is 15.1. The molecule has 0 atom stereocenters. The van der Waals surface area contributed by atoms with Crippen molar-refractivity contribution in [2.45, 2.75) is 39.0 Å². The molecule has 6 heteroatoms. The number of amides is 1. The summed E-state index contributed by atoms with van der Waals surface area (Å²) in [7, 11) is 0. The van der Waals surface area contributed by atoms with Crippen molar-refractivity contribution in [3.05, 3.63) is 11.1 Å². The van der Waals surface area contributed by atoms with Gasteiger partial charge in [0, 0.05) is 11.3 Å². The number of nitrogens with one attached hydrogen (secondary N) is 1. The van der Waals surface area contributed by atoms with E-state index in [4.69, 9.17) is 4.74 Å². The number of carbonyl (C=O) groups excluding carboxylic acids is 2. The molecule has 1 aromatic rings. The van der Waals surface area contributed by atoms with Crippen LogP contribution >= 0.6 is 11.3 Å². The molecule has 0 aromatic carbocycles. The van der Waals surface area contributed by atoms with Gasteiger partial charge in [-0.3, -0.25) is 4.79 Å². The summed E-state index contributed by atoms with van der Waals surface area (Å²) in [6.07, 6.45) is 6.26. The highest BCUT2D eigenvalue weighted by Gasteiger charge is 2.50. The molecule has 0 spiro atoms. The van der Waals surface area contributed by atoms with E-state index in [0.717, 1.165) is 11.8 Å². The number of carbonyl (C=O) groups is 2. The van der Waals surface area contributed by atoms with Gasteiger partial charge in [-0.25, -0.2) is 9.78 Å². The highest BCUT2D eigenvalue weighted by atomic mass is 32.1. The Kier molecular flexibility index (Phi) is 3.87. The molecule has 4 fully saturated rings. The minimum absolute atomic E-state index is 0.101. The van der Waals surface area contributed by atoms with Gasteiger partial charge < -0.3 is 10.1 Å². The molecule has 4 saturated carbocycles. The number of esters is 1. The fourth-order valence-electron chi connectivity index (χ4n) is 5.17. The minimum Gasteiger partial charge on any atom is -0.461 e. The molecule has 4 bridgehead atoms. The maximum Gasteiger partial charge on any atom is 0.357 e. The molecule has 1 aromatic heterocycles. The molecule has 5 rings (SSSR count). The molecule has 0 radical (unpaired) electrons. The number of thiazole rings is 1. The van der Waals surface area contributed by atoms with Gasteiger partial charge in [-0.05, 0) is 62.7 Å². The zero-order valence-corrected chi connectivity index (χ0v) is 14.1. The van der Waals surface area contributed by atoms with Gasteiger partial charge in [-0.15, -0.1) is 11.3 Å². The Labute approximate surface area is 139 Å². The van der Waals surface area contributed by atoms with Crippen LogP contribution in [0.5, 0.6) is 0 Å². The predicted molar refractivity (Wildman–Crippen MR) is 87.2 cm³/mol. The average Bonchev–Trinajstić information content (AvgIpc) is 2.95. The molecule has 0 aliphatic heterocycles. The summed E-state index contributed by atoms with van der Waals surface area (Å²) in [4.78, 5) is 28.6. The van der Waals surface area contributed by atoms with Crippen molar-refractivity contribution in [2.75, 3.05) is 11.9 Å². The van der Waals surface area contributed by atoms with E-state index in [1.807, 2.05) is 0 Å². The Hall–Kier alpha value is -1.43. The van der Waals surface area contributed by atoms with E-state index in [1.165, 1.54) is 43.4 Å². The lowest BCUT2D eigenvalue weighted by molar-refractivity contribution is -0.132. The lowest BCUT2D eigenvalue weighted by Crippen LogP contribution is -2.49. The third-order valence-corrected chi connectivity index (χ3v) is 6.51. The zero-order valence-electron chi connectivity index (χ0n) is 13.3. The van der Waals surface area contributed by atoms with E-state index in [1.54, 1.807) is 12.3 Å². The summed E-state index contributed by atoms with van der Waals surface area (Å²) < 4.78 is 4.93. The van der Waals surface area contributed by atoms with Crippen molar-refractivity contribution in [2.24, 2.45) is 29.6 Å². The lowest BCUT2D eigenvalue weighted by atomic mass is 9.51. The summed E-state index contributed by atoms with van der Waals surface area (Å²) in [6.45, 7) is 2.09. The van der Waals surface area contributed by atoms with Crippen LogP contribution in [-0.4, -0.2) is 23.5 Å². The Morgan fingerprint density at radius 3 is 2.48 bits per heavy atom. The maximum atomic E-state index is 12.7. The Morgan fingerprint density at radius 1 is 1.22 bits per heavy atom. The van der Waals surface area contributed by atoms with E-state index in [-0.39, 0.29) is 17.5 Å². The van der Waals surface area contributed by atoms with Gasteiger partial charge in [0.15, 0.2) is 10.8 Å². The van der Waals surface area contributed by atoms with Crippen molar-refractivity contribution in [1.29, 1.82) is 0 Å². The number of aromatic nitrogens is 1. The van der Waals surface area contributed by atoms with Crippen molar-refractivity contribution >= 4 is 28.3 Å². The van der Waals surface area contributed by atoms with Crippen molar-refractivity contribution in [3.63, 3.8) is 0 Å². The van der Waals surface area contributed by atoms with Crippen LogP contribution in [-0.2, 0) is 9.53 Å². The normalized spacial score (nSPS) is 34.4. The first-order valence-corrected chi connectivity index (χ1v) is 9.45. The van der Waals surface area contributed by atoms with Crippen molar-refractivity contribution in [3.8, 4) is 0 Å². The second kappa shape index (κ2) is 5.89. The number of ether oxygens (including phenoxy) is 1. The molecular weight excluding hydrogens is 312 g/mol. The van der Waals surface area contributed by atoms with Crippen LogP contribution in [0.2, 0.25) is 0 Å². The molecule has 5 nitrogen and oxygen atoms in total. The Morgan fingerprint density at radius 2 is 1.87 bits per heavy atom. The number of hydrogen-bond acceptors (Lipinski definition) is 5. The van der Waals surface area contributed by atoms with E-state index in [0.29, 0.717) is 23.6 Å². The van der Waals surface area contributed by atoms with Gasteiger partial charge in [0.05, 0.1) is 6.61 Å². The van der Waals surface area contributed by atoms with Crippen LogP contribution in [0.25, 0.3) is 0 Å². The van der Waals surface area contributed by atoms with Gasteiger partial charge >= 0.3 is 5.97 Å². The molecule has 124 valence electrons. The van der Waals surface area contributed by atoms with Gasteiger partial charge in [-0.1, -0.05) is 0 Å². The van der Waals surface area contributed by atoms with Crippen molar-refractivity contribution in [1.82, 2.24) is 4.98 Å². The fourth-order valence-corrected chi connectivity index (χ4v) is 5.85. The summed E-state index contributed by atoms with van der Waals surface area (Å²) in [5, 5.41) is 5.10. The topological polar surface area (TPSA) is 68.3 Å². The summed E-state index contributed by atoms with van der Waals surface area (Å²) in [5.41, 5.74) is 0.275. The standard InChI is InChI=1S/C17H22N2O3S/c1-2-22-16(21)13-8-23-17(18-13)19-15(20)14-11-4-9-3-10(6-11)7-12(14)5-9/h8-12,14H,2-7H2,1H3,(H,18,19,20). The van der Waals surface area contributed by atoms with Gasteiger partial charge in [0.1, 0.15) is 0 Å². The average molecular weight is 334 g/mol. The van der Waals surface area contributed by atoms with Crippen LogP contribution in [0.4, 0.5) is 5.13 Å².